The molecule has 166 valence electrons. The fourth-order valence-electron chi connectivity index (χ4n) is 4.26. The van der Waals surface area contributed by atoms with Gasteiger partial charge in [-0.05, 0) is 59.2 Å². The van der Waals surface area contributed by atoms with Gasteiger partial charge in [-0.15, -0.1) is 0 Å². The molecule has 0 saturated carbocycles. The Kier molecular flexibility index (Phi) is 7.53. The first-order valence-corrected chi connectivity index (χ1v) is 11.3. The molecule has 1 atom stereocenters. The van der Waals surface area contributed by atoms with Crippen LogP contribution in [0.2, 0.25) is 0 Å². The summed E-state index contributed by atoms with van der Waals surface area (Å²) in [7, 11) is 2.17. The number of rotatable bonds is 6. The van der Waals surface area contributed by atoms with Crippen molar-refractivity contribution in [3.05, 3.63) is 35.4 Å². The lowest BCUT2D eigenvalue weighted by atomic mass is 9.93. The van der Waals surface area contributed by atoms with E-state index < -0.39 is 0 Å². The molecule has 2 saturated heterocycles. The van der Waals surface area contributed by atoms with Gasteiger partial charge in [0.25, 0.3) is 5.91 Å². The Hall–Kier alpha value is -1.92. The topological polar surface area (TPSA) is 55.9 Å². The SMILES string of the molecule is Cc1ccc(C(=O)N2CCC[C@H](C(=O)NC(C)(C)CCN3CCN(C)CC3)C2)cc1. The van der Waals surface area contributed by atoms with Crippen molar-refractivity contribution in [2.45, 2.75) is 45.6 Å². The van der Waals surface area contributed by atoms with E-state index in [0.29, 0.717) is 12.1 Å². The maximum atomic E-state index is 13.0. The van der Waals surface area contributed by atoms with Crippen LogP contribution in [0.25, 0.3) is 0 Å². The van der Waals surface area contributed by atoms with Crippen LogP contribution in [-0.4, -0.2) is 84.9 Å². The molecular weight excluding hydrogens is 376 g/mol. The Balaban J connectivity index is 1.50. The highest BCUT2D eigenvalue weighted by Gasteiger charge is 2.32. The first-order chi connectivity index (χ1) is 14.2. The van der Waals surface area contributed by atoms with Gasteiger partial charge in [0.15, 0.2) is 0 Å². The first-order valence-electron chi connectivity index (χ1n) is 11.3. The number of nitrogens with zero attached hydrogens (tertiary/aromatic N) is 3. The van der Waals surface area contributed by atoms with Gasteiger partial charge in [0.1, 0.15) is 0 Å². The van der Waals surface area contributed by atoms with Crippen LogP contribution in [0, 0.1) is 12.8 Å². The standard InChI is InChI=1S/C24H38N4O2/c1-19-7-9-20(10-8-19)23(30)28-12-5-6-21(18-28)22(29)25-24(2,3)11-13-27-16-14-26(4)15-17-27/h7-10,21H,5-6,11-18H2,1-4H3,(H,25,29)/t21-/m0/s1. The quantitative estimate of drug-likeness (QED) is 0.777. The minimum atomic E-state index is -0.246. The molecule has 0 bridgehead atoms. The minimum absolute atomic E-state index is 0.0295. The van der Waals surface area contributed by atoms with E-state index in [0.717, 1.165) is 64.1 Å². The second-order valence-electron chi connectivity index (χ2n) is 9.72. The van der Waals surface area contributed by atoms with E-state index >= 15 is 0 Å². The predicted molar refractivity (Wildman–Crippen MR) is 121 cm³/mol. The summed E-state index contributed by atoms with van der Waals surface area (Å²) in [5.74, 6) is -0.0160. The van der Waals surface area contributed by atoms with E-state index in [4.69, 9.17) is 0 Å². The van der Waals surface area contributed by atoms with Crippen LogP contribution in [0.4, 0.5) is 0 Å². The summed E-state index contributed by atoms with van der Waals surface area (Å²) >= 11 is 0. The zero-order valence-electron chi connectivity index (χ0n) is 19.1. The fourth-order valence-corrected chi connectivity index (χ4v) is 4.26. The average Bonchev–Trinajstić information content (AvgIpc) is 2.73. The molecule has 0 radical (unpaired) electrons. The Bertz CT molecular complexity index is 723. The number of carbonyl (C=O) groups is 2. The number of benzene rings is 1. The summed E-state index contributed by atoms with van der Waals surface area (Å²) in [6.07, 6.45) is 2.65. The molecule has 0 aromatic heterocycles. The summed E-state index contributed by atoms with van der Waals surface area (Å²) in [4.78, 5) is 32.5. The molecule has 30 heavy (non-hydrogen) atoms. The first kappa shape index (κ1) is 22.8. The van der Waals surface area contributed by atoms with Gasteiger partial charge in [-0.25, -0.2) is 0 Å². The van der Waals surface area contributed by atoms with Gasteiger partial charge >= 0.3 is 0 Å². The average molecular weight is 415 g/mol. The largest absolute Gasteiger partial charge is 0.351 e. The van der Waals surface area contributed by atoms with Crippen LogP contribution < -0.4 is 5.32 Å². The van der Waals surface area contributed by atoms with Crippen LogP contribution in [0.1, 0.15) is 49.0 Å². The number of piperazine rings is 1. The molecule has 2 amide bonds. The molecule has 6 nitrogen and oxygen atoms in total. The summed E-state index contributed by atoms with van der Waals surface area (Å²) in [5.41, 5.74) is 1.60. The predicted octanol–water partition coefficient (Wildman–Crippen LogP) is 2.38. The molecule has 0 unspecified atom stereocenters. The lowest BCUT2D eigenvalue weighted by molar-refractivity contribution is -0.128. The highest BCUT2D eigenvalue weighted by Crippen LogP contribution is 2.21. The molecular formula is C24H38N4O2. The van der Waals surface area contributed by atoms with Crippen molar-refractivity contribution in [2.24, 2.45) is 5.92 Å². The maximum Gasteiger partial charge on any atom is 0.253 e. The van der Waals surface area contributed by atoms with E-state index in [-0.39, 0.29) is 23.3 Å². The number of piperidine rings is 1. The lowest BCUT2D eigenvalue weighted by Gasteiger charge is -2.37. The van der Waals surface area contributed by atoms with Crippen molar-refractivity contribution in [2.75, 3.05) is 52.9 Å². The van der Waals surface area contributed by atoms with Crippen LogP contribution in [0.3, 0.4) is 0 Å². The monoisotopic (exact) mass is 414 g/mol. The second kappa shape index (κ2) is 9.92. The van der Waals surface area contributed by atoms with Gasteiger partial charge in [-0.1, -0.05) is 17.7 Å². The molecule has 2 aliphatic rings. The molecule has 2 heterocycles. The van der Waals surface area contributed by atoms with E-state index in [1.165, 1.54) is 0 Å². The number of aryl methyl sites for hydroxylation is 1. The van der Waals surface area contributed by atoms with Crippen molar-refractivity contribution in [3.63, 3.8) is 0 Å². The molecule has 1 N–H and O–H groups in total. The summed E-state index contributed by atoms with van der Waals surface area (Å²) in [6.45, 7) is 12.9. The van der Waals surface area contributed by atoms with Gasteiger partial charge in [0, 0.05) is 56.9 Å². The van der Waals surface area contributed by atoms with Gasteiger partial charge in [0.2, 0.25) is 5.91 Å². The number of hydrogen-bond acceptors (Lipinski definition) is 4. The van der Waals surface area contributed by atoms with Crippen LogP contribution in [0.5, 0.6) is 0 Å². The third-order valence-electron chi connectivity index (χ3n) is 6.49. The van der Waals surface area contributed by atoms with Gasteiger partial charge in [0.05, 0.1) is 5.92 Å². The molecule has 1 aromatic carbocycles. The third kappa shape index (κ3) is 6.29. The van der Waals surface area contributed by atoms with Crippen molar-refractivity contribution in [1.82, 2.24) is 20.0 Å². The molecule has 0 spiro atoms. The van der Waals surface area contributed by atoms with E-state index in [1.54, 1.807) is 0 Å². The summed E-state index contributed by atoms with van der Waals surface area (Å²) in [5, 5.41) is 3.27. The van der Waals surface area contributed by atoms with Crippen LogP contribution in [0.15, 0.2) is 24.3 Å². The zero-order valence-corrected chi connectivity index (χ0v) is 19.1. The Morgan fingerprint density at radius 3 is 2.40 bits per heavy atom. The van der Waals surface area contributed by atoms with Gasteiger partial charge in [-0.3, -0.25) is 9.59 Å². The highest BCUT2D eigenvalue weighted by molar-refractivity contribution is 5.94. The van der Waals surface area contributed by atoms with Crippen LogP contribution >= 0.6 is 0 Å². The zero-order chi connectivity index (χ0) is 21.7. The Morgan fingerprint density at radius 2 is 1.73 bits per heavy atom. The van der Waals surface area contributed by atoms with Crippen molar-refractivity contribution < 1.29 is 9.59 Å². The van der Waals surface area contributed by atoms with Crippen molar-refractivity contribution in [1.29, 1.82) is 0 Å². The summed E-state index contributed by atoms with van der Waals surface area (Å²) < 4.78 is 0. The lowest BCUT2D eigenvalue weighted by Crippen LogP contribution is -2.52. The molecule has 2 fully saturated rings. The Morgan fingerprint density at radius 1 is 1.07 bits per heavy atom. The number of amides is 2. The highest BCUT2D eigenvalue weighted by atomic mass is 16.2. The number of hydrogen-bond donors (Lipinski definition) is 1. The normalized spacial score (nSPS) is 21.5. The number of carbonyl (C=O) groups excluding carboxylic acids is 2. The Labute approximate surface area is 181 Å². The number of likely N-dealkylation sites (N-methyl/N-ethyl adjacent to an activating group) is 1. The van der Waals surface area contributed by atoms with E-state index in [2.05, 4.69) is 36.0 Å². The number of nitrogens with one attached hydrogen (secondary N) is 1. The van der Waals surface area contributed by atoms with Crippen LogP contribution in [-0.2, 0) is 4.79 Å². The number of likely N-dealkylation sites (tertiary alicyclic amines) is 1. The molecule has 2 aliphatic heterocycles. The molecule has 1 aromatic rings. The third-order valence-corrected chi connectivity index (χ3v) is 6.49. The van der Waals surface area contributed by atoms with E-state index in [1.807, 2.05) is 36.1 Å². The molecule has 6 heteroatoms. The fraction of sp³-hybridized carbons (Fsp3) is 0.667. The molecule has 0 aliphatic carbocycles. The van der Waals surface area contributed by atoms with E-state index in [9.17, 15) is 9.59 Å². The molecule has 3 rings (SSSR count). The maximum absolute atomic E-state index is 13.0. The summed E-state index contributed by atoms with van der Waals surface area (Å²) in [6, 6.07) is 7.68. The van der Waals surface area contributed by atoms with Gasteiger partial charge < -0.3 is 20.0 Å². The van der Waals surface area contributed by atoms with Gasteiger partial charge in [-0.2, -0.15) is 0 Å². The second-order valence-corrected chi connectivity index (χ2v) is 9.72. The smallest absolute Gasteiger partial charge is 0.253 e. The minimum Gasteiger partial charge on any atom is -0.351 e. The van der Waals surface area contributed by atoms with Crippen molar-refractivity contribution >= 4 is 11.8 Å². The van der Waals surface area contributed by atoms with Crippen molar-refractivity contribution in [3.8, 4) is 0 Å².